The van der Waals surface area contributed by atoms with E-state index in [0.717, 1.165) is 0 Å². The molecule has 0 radical (unpaired) electrons. The molecular weight excluding hydrogens is 365 g/mol. The predicted octanol–water partition coefficient (Wildman–Crippen LogP) is 5.36. The monoisotopic (exact) mass is 376 g/mol. The maximum atomic E-state index is 12.2. The van der Waals surface area contributed by atoms with Crippen LogP contribution in [0.2, 0.25) is 10.0 Å². The van der Waals surface area contributed by atoms with Gasteiger partial charge >= 0.3 is 0 Å². The van der Waals surface area contributed by atoms with E-state index in [2.05, 4.69) is 10.6 Å². The molecule has 2 aromatic carbocycles. The summed E-state index contributed by atoms with van der Waals surface area (Å²) in [6, 6.07) is 11.3. The molecule has 0 aliphatic rings. The minimum atomic E-state index is -2.46. The molecule has 2 aromatic rings. The third kappa shape index (κ3) is 5.57. The van der Waals surface area contributed by atoms with Crippen molar-refractivity contribution < 1.29 is 13.6 Å². The minimum Gasteiger partial charge on any atom is -0.376 e. The number of carbonyl (C=O) groups excluding carboxylic acids is 1. The van der Waals surface area contributed by atoms with Crippen LogP contribution in [0.15, 0.2) is 47.4 Å². The van der Waals surface area contributed by atoms with Crippen LogP contribution < -0.4 is 10.6 Å². The number of anilines is 2. The fourth-order valence-corrected chi connectivity index (χ4v) is 2.58. The summed E-state index contributed by atoms with van der Waals surface area (Å²) in [5.74, 6) is -2.76. The molecule has 3 nitrogen and oxygen atoms in total. The first-order chi connectivity index (χ1) is 11.0. The van der Waals surface area contributed by atoms with Crippen molar-refractivity contribution in [2.24, 2.45) is 0 Å². The van der Waals surface area contributed by atoms with Gasteiger partial charge in [-0.15, -0.1) is 0 Å². The fourth-order valence-electron chi connectivity index (χ4n) is 1.73. The molecule has 2 N–H and O–H groups in total. The Labute approximate surface area is 146 Å². The lowest BCUT2D eigenvalue weighted by molar-refractivity contribution is -0.114. The summed E-state index contributed by atoms with van der Waals surface area (Å²) < 4.78 is 24.4. The standard InChI is InChI=1S/C15H12Cl2F2N2OS/c16-11-2-1-3-12(14(11)17)21-13(22)8-20-9-4-6-10(7-5-9)23-15(18)19/h1-7,15,20H,8H2,(H,21,22). The Bertz CT molecular complexity index is 684. The Morgan fingerprint density at radius 3 is 2.48 bits per heavy atom. The number of thioether (sulfide) groups is 1. The molecular formula is C15H12Cl2F2N2OS. The molecule has 0 heterocycles. The van der Waals surface area contributed by atoms with Gasteiger partial charge in [-0.1, -0.05) is 41.0 Å². The van der Waals surface area contributed by atoms with Gasteiger partial charge in [0.25, 0.3) is 5.76 Å². The molecule has 0 spiro atoms. The number of carbonyl (C=O) groups is 1. The van der Waals surface area contributed by atoms with Crippen LogP contribution in [0.5, 0.6) is 0 Å². The third-order valence-corrected chi connectivity index (χ3v) is 4.30. The van der Waals surface area contributed by atoms with E-state index in [-0.39, 0.29) is 17.5 Å². The summed E-state index contributed by atoms with van der Waals surface area (Å²) in [7, 11) is 0. The smallest absolute Gasteiger partial charge is 0.288 e. The van der Waals surface area contributed by atoms with E-state index >= 15 is 0 Å². The zero-order chi connectivity index (χ0) is 16.8. The highest BCUT2D eigenvalue weighted by Gasteiger charge is 2.08. The second-order valence-corrected chi connectivity index (χ2v) is 6.25. The molecule has 0 bridgehead atoms. The van der Waals surface area contributed by atoms with Crippen molar-refractivity contribution in [3.63, 3.8) is 0 Å². The van der Waals surface area contributed by atoms with Crippen molar-refractivity contribution in [2.45, 2.75) is 10.7 Å². The zero-order valence-corrected chi connectivity index (χ0v) is 14.0. The molecule has 0 unspecified atom stereocenters. The summed E-state index contributed by atoms with van der Waals surface area (Å²) in [6.07, 6.45) is 0. The van der Waals surface area contributed by atoms with Crippen LogP contribution in [-0.2, 0) is 4.79 Å². The number of amides is 1. The second kappa shape index (κ2) is 8.38. The fraction of sp³-hybridized carbons (Fsp3) is 0.133. The average Bonchev–Trinajstić information content (AvgIpc) is 2.51. The molecule has 8 heteroatoms. The number of alkyl halides is 2. The zero-order valence-electron chi connectivity index (χ0n) is 11.7. The number of halogens is 4. The van der Waals surface area contributed by atoms with Crippen molar-refractivity contribution in [1.29, 1.82) is 0 Å². The molecule has 0 fully saturated rings. The van der Waals surface area contributed by atoms with Gasteiger partial charge in [0.2, 0.25) is 5.91 Å². The van der Waals surface area contributed by atoms with Crippen LogP contribution in [0.3, 0.4) is 0 Å². The van der Waals surface area contributed by atoms with Crippen LogP contribution >= 0.6 is 35.0 Å². The topological polar surface area (TPSA) is 41.1 Å². The van der Waals surface area contributed by atoms with Gasteiger partial charge < -0.3 is 10.6 Å². The Kier molecular flexibility index (Phi) is 6.50. The first-order valence-corrected chi connectivity index (χ1v) is 8.12. The average molecular weight is 377 g/mol. The number of nitrogens with one attached hydrogen (secondary N) is 2. The van der Waals surface area contributed by atoms with Crippen molar-refractivity contribution >= 4 is 52.2 Å². The lowest BCUT2D eigenvalue weighted by Crippen LogP contribution is -2.21. The highest BCUT2D eigenvalue weighted by molar-refractivity contribution is 7.99. The van der Waals surface area contributed by atoms with Gasteiger partial charge in [0.15, 0.2) is 0 Å². The molecule has 1 amide bonds. The van der Waals surface area contributed by atoms with E-state index in [1.54, 1.807) is 42.5 Å². The van der Waals surface area contributed by atoms with Crippen molar-refractivity contribution in [3.05, 3.63) is 52.5 Å². The summed E-state index contributed by atoms with van der Waals surface area (Å²) in [5, 5.41) is 6.16. The van der Waals surface area contributed by atoms with Gasteiger partial charge in [0.05, 0.1) is 22.3 Å². The molecule has 0 aliphatic carbocycles. The van der Waals surface area contributed by atoms with E-state index in [1.807, 2.05) is 0 Å². The molecule has 0 atom stereocenters. The van der Waals surface area contributed by atoms with E-state index in [9.17, 15) is 13.6 Å². The highest BCUT2D eigenvalue weighted by Crippen LogP contribution is 2.29. The molecule has 2 rings (SSSR count). The third-order valence-electron chi connectivity index (χ3n) is 2.76. The van der Waals surface area contributed by atoms with Crippen LogP contribution in [0.4, 0.5) is 20.2 Å². The van der Waals surface area contributed by atoms with Crippen molar-refractivity contribution in [1.82, 2.24) is 0 Å². The van der Waals surface area contributed by atoms with E-state index in [0.29, 0.717) is 33.1 Å². The number of hydrogen-bond acceptors (Lipinski definition) is 3. The predicted molar refractivity (Wildman–Crippen MR) is 91.9 cm³/mol. The Hall–Kier alpha value is -1.50. The quantitative estimate of drug-likeness (QED) is 0.666. The van der Waals surface area contributed by atoms with Gasteiger partial charge in [-0.3, -0.25) is 4.79 Å². The minimum absolute atomic E-state index is 0.00415. The molecule has 122 valence electrons. The Morgan fingerprint density at radius 2 is 1.83 bits per heavy atom. The summed E-state index contributed by atoms with van der Waals surface area (Å²) in [4.78, 5) is 12.3. The van der Waals surface area contributed by atoms with Crippen LogP contribution in [0.1, 0.15) is 0 Å². The molecule has 0 saturated carbocycles. The normalized spacial score (nSPS) is 10.7. The number of benzene rings is 2. The first-order valence-electron chi connectivity index (χ1n) is 6.48. The molecule has 0 aliphatic heterocycles. The lowest BCUT2D eigenvalue weighted by Gasteiger charge is -2.10. The van der Waals surface area contributed by atoms with Crippen LogP contribution in [-0.4, -0.2) is 18.2 Å². The Morgan fingerprint density at radius 1 is 1.13 bits per heavy atom. The van der Waals surface area contributed by atoms with Crippen molar-refractivity contribution in [2.75, 3.05) is 17.2 Å². The van der Waals surface area contributed by atoms with Gasteiger partial charge in [-0.25, -0.2) is 0 Å². The number of hydrogen-bond donors (Lipinski definition) is 2. The SMILES string of the molecule is O=C(CNc1ccc(SC(F)F)cc1)Nc1cccc(Cl)c1Cl. The van der Waals surface area contributed by atoms with Gasteiger partial charge in [0, 0.05) is 10.6 Å². The Balaban J connectivity index is 1.88. The van der Waals surface area contributed by atoms with E-state index < -0.39 is 5.76 Å². The van der Waals surface area contributed by atoms with E-state index in [4.69, 9.17) is 23.2 Å². The van der Waals surface area contributed by atoms with Crippen LogP contribution in [0, 0.1) is 0 Å². The lowest BCUT2D eigenvalue weighted by atomic mass is 10.3. The first kappa shape index (κ1) is 17.8. The van der Waals surface area contributed by atoms with Crippen LogP contribution in [0.25, 0.3) is 0 Å². The largest absolute Gasteiger partial charge is 0.376 e. The summed E-state index contributed by atoms with van der Waals surface area (Å²) in [6.45, 7) is 0.00415. The maximum Gasteiger partial charge on any atom is 0.288 e. The van der Waals surface area contributed by atoms with Gasteiger partial charge in [-0.2, -0.15) is 8.78 Å². The molecule has 0 aromatic heterocycles. The molecule has 0 saturated heterocycles. The van der Waals surface area contributed by atoms with Gasteiger partial charge in [0.1, 0.15) is 0 Å². The molecule has 23 heavy (non-hydrogen) atoms. The van der Waals surface area contributed by atoms with E-state index in [1.165, 1.54) is 0 Å². The van der Waals surface area contributed by atoms with Crippen molar-refractivity contribution in [3.8, 4) is 0 Å². The second-order valence-electron chi connectivity index (χ2n) is 4.41. The maximum absolute atomic E-state index is 12.2. The summed E-state index contributed by atoms with van der Waals surface area (Å²) in [5.41, 5.74) is 1.07. The van der Waals surface area contributed by atoms with Gasteiger partial charge in [-0.05, 0) is 36.4 Å². The summed E-state index contributed by atoms with van der Waals surface area (Å²) >= 11 is 12.3. The number of rotatable bonds is 6. The highest BCUT2D eigenvalue weighted by atomic mass is 35.5.